The van der Waals surface area contributed by atoms with E-state index in [0.717, 1.165) is 0 Å². The van der Waals surface area contributed by atoms with Crippen LogP contribution in [0.3, 0.4) is 0 Å². The summed E-state index contributed by atoms with van der Waals surface area (Å²) in [6.07, 6.45) is -3.34. The molecule has 1 aromatic heterocycles. The number of alkyl halides is 3. The smallest absolute Gasteiger partial charge is 0.378 e. The lowest BCUT2D eigenvalue weighted by atomic mass is 10.0. The van der Waals surface area contributed by atoms with Crippen LogP contribution in [0.4, 0.5) is 13.2 Å². The first-order chi connectivity index (χ1) is 9.95. The molecule has 5 nitrogen and oxygen atoms in total. The second-order valence-electron chi connectivity index (χ2n) is 5.53. The van der Waals surface area contributed by atoms with Crippen molar-refractivity contribution in [3.05, 3.63) is 17.2 Å². The summed E-state index contributed by atoms with van der Waals surface area (Å²) in [6, 6.07) is 0. The van der Waals surface area contributed by atoms with Crippen LogP contribution in [0.15, 0.2) is 0 Å². The van der Waals surface area contributed by atoms with E-state index in [9.17, 15) is 13.2 Å². The normalized spacial score (nSPS) is 26.1. The summed E-state index contributed by atoms with van der Waals surface area (Å²) in [6.45, 7) is 1.98. The molecule has 3 heterocycles. The molecule has 21 heavy (non-hydrogen) atoms. The zero-order chi connectivity index (χ0) is 15.1. The number of aromatic nitrogens is 2. The molecule has 0 aliphatic carbocycles. The lowest BCUT2D eigenvalue weighted by Gasteiger charge is -2.28. The maximum atomic E-state index is 13.3. The molecule has 1 aromatic rings. The molecule has 1 unspecified atom stereocenters. The van der Waals surface area contributed by atoms with Crippen LogP contribution in [0.2, 0.25) is 0 Å². The molecule has 0 radical (unpaired) electrons. The maximum Gasteiger partial charge on any atom is 0.449 e. The zero-order valence-corrected chi connectivity index (χ0v) is 11.8. The standard InChI is InChI=1S/C13H18F3N3O2/c1-20-12(3-5-21-8-12)7-19-10-2-4-17-6-9(10)18-11(19)13(14,15)16/h17H,2-8H2,1H3. The van der Waals surface area contributed by atoms with Crippen molar-refractivity contribution < 1.29 is 22.6 Å². The van der Waals surface area contributed by atoms with E-state index in [1.807, 2.05) is 0 Å². The summed E-state index contributed by atoms with van der Waals surface area (Å²) in [5, 5.41) is 3.05. The van der Waals surface area contributed by atoms with E-state index < -0.39 is 17.6 Å². The Bertz CT molecular complexity index is 521. The second kappa shape index (κ2) is 5.26. The Balaban J connectivity index is 2.01. The van der Waals surface area contributed by atoms with Gasteiger partial charge in [0.15, 0.2) is 0 Å². The van der Waals surface area contributed by atoms with E-state index in [2.05, 4.69) is 10.3 Å². The molecular weight excluding hydrogens is 287 g/mol. The monoisotopic (exact) mass is 305 g/mol. The highest BCUT2D eigenvalue weighted by Gasteiger charge is 2.43. The molecule has 0 amide bonds. The molecule has 1 atom stereocenters. The first-order valence-electron chi connectivity index (χ1n) is 6.94. The summed E-state index contributed by atoms with van der Waals surface area (Å²) in [4.78, 5) is 3.81. The quantitative estimate of drug-likeness (QED) is 0.916. The predicted octanol–water partition coefficient (Wildman–Crippen LogP) is 1.35. The van der Waals surface area contributed by atoms with Crippen LogP contribution >= 0.6 is 0 Å². The minimum absolute atomic E-state index is 0.126. The average molecular weight is 305 g/mol. The topological polar surface area (TPSA) is 48.3 Å². The summed E-state index contributed by atoms with van der Waals surface area (Å²) in [5.74, 6) is -0.834. The molecule has 0 spiro atoms. The number of methoxy groups -OCH3 is 1. The first kappa shape index (κ1) is 14.8. The minimum Gasteiger partial charge on any atom is -0.378 e. The summed E-state index contributed by atoms with van der Waals surface area (Å²) in [7, 11) is 1.52. The third kappa shape index (κ3) is 2.67. The van der Waals surface area contributed by atoms with Crippen molar-refractivity contribution in [3.63, 3.8) is 0 Å². The Kier molecular flexibility index (Phi) is 3.71. The highest BCUT2D eigenvalue weighted by atomic mass is 19.4. The highest BCUT2D eigenvalue weighted by molar-refractivity contribution is 5.22. The van der Waals surface area contributed by atoms with Crippen molar-refractivity contribution in [1.29, 1.82) is 0 Å². The Hall–Kier alpha value is -1.12. The largest absolute Gasteiger partial charge is 0.449 e. The molecule has 2 aliphatic heterocycles. The van der Waals surface area contributed by atoms with Crippen molar-refractivity contribution in [2.24, 2.45) is 0 Å². The van der Waals surface area contributed by atoms with Gasteiger partial charge in [-0.25, -0.2) is 4.98 Å². The van der Waals surface area contributed by atoms with E-state index in [-0.39, 0.29) is 6.54 Å². The number of nitrogens with one attached hydrogen (secondary N) is 1. The van der Waals surface area contributed by atoms with E-state index in [1.54, 1.807) is 0 Å². The average Bonchev–Trinajstić information content (AvgIpc) is 3.05. The van der Waals surface area contributed by atoms with Crippen LogP contribution in [-0.4, -0.2) is 42.0 Å². The third-order valence-corrected chi connectivity index (χ3v) is 4.19. The molecule has 1 saturated heterocycles. The highest BCUT2D eigenvalue weighted by Crippen LogP contribution is 2.34. The molecule has 0 bridgehead atoms. The summed E-state index contributed by atoms with van der Waals surface area (Å²) in [5.41, 5.74) is 0.447. The SMILES string of the molecule is COC1(Cn2c(C(F)(F)F)nc3c2CCNC3)CCOC1. The van der Waals surface area contributed by atoms with Gasteiger partial charge < -0.3 is 19.4 Å². The van der Waals surface area contributed by atoms with E-state index in [4.69, 9.17) is 9.47 Å². The summed E-state index contributed by atoms with van der Waals surface area (Å²) >= 11 is 0. The van der Waals surface area contributed by atoms with Crippen LogP contribution in [0.5, 0.6) is 0 Å². The molecule has 1 N–H and O–H groups in total. The second-order valence-corrected chi connectivity index (χ2v) is 5.53. The Labute approximate surface area is 120 Å². The number of imidazole rings is 1. The lowest BCUT2D eigenvalue weighted by Crippen LogP contribution is -2.39. The summed E-state index contributed by atoms with van der Waals surface area (Å²) < 4.78 is 51.9. The third-order valence-electron chi connectivity index (χ3n) is 4.19. The van der Waals surface area contributed by atoms with Gasteiger partial charge in [-0.3, -0.25) is 0 Å². The number of ether oxygens (including phenoxy) is 2. The lowest BCUT2D eigenvalue weighted by molar-refractivity contribution is -0.149. The van der Waals surface area contributed by atoms with Gasteiger partial charge in [-0.15, -0.1) is 0 Å². The van der Waals surface area contributed by atoms with Crippen LogP contribution in [0.25, 0.3) is 0 Å². The molecular formula is C13H18F3N3O2. The first-order valence-corrected chi connectivity index (χ1v) is 6.94. The van der Waals surface area contributed by atoms with Crippen LogP contribution in [-0.2, 0) is 35.2 Å². The number of fused-ring (bicyclic) bond motifs is 1. The number of halogens is 3. The molecule has 0 saturated carbocycles. The van der Waals surface area contributed by atoms with Crippen LogP contribution < -0.4 is 5.32 Å². The minimum atomic E-state index is -4.47. The Morgan fingerprint density at radius 2 is 2.29 bits per heavy atom. The molecule has 0 aromatic carbocycles. The fourth-order valence-electron chi connectivity index (χ4n) is 2.98. The van der Waals surface area contributed by atoms with E-state index >= 15 is 0 Å². The van der Waals surface area contributed by atoms with Gasteiger partial charge in [-0.1, -0.05) is 0 Å². The predicted molar refractivity (Wildman–Crippen MR) is 67.8 cm³/mol. The van der Waals surface area contributed by atoms with Gasteiger partial charge in [0, 0.05) is 45.3 Å². The molecule has 2 aliphatic rings. The fraction of sp³-hybridized carbons (Fsp3) is 0.769. The number of nitrogens with zero attached hydrogens (tertiary/aromatic N) is 2. The van der Waals surface area contributed by atoms with Crippen molar-refractivity contribution >= 4 is 0 Å². The fourth-order valence-corrected chi connectivity index (χ4v) is 2.98. The van der Waals surface area contributed by atoms with Crippen molar-refractivity contribution in [2.75, 3.05) is 26.9 Å². The Morgan fingerprint density at radius 1 is 1.48 bits per heavy atom. The van der Waals surface area contributed by atoms with Gasteiger partial charge >= 0.3 is 6.18 Å². The van der Waals surface area contributed by atoms with Crippen LogP contribution in [0.1, 0.15) is 23.6 Å². The van der Waals surface area contributed by atoms with Crippen molar-refractivity contribution in [1.82, 2.24) is 14.9 Å². The van der Waals surface area contributed by atoms with Gasteiger partial charge in [0.2, 0.25) is 5.82 Å². The molecule has 3 rings (SSSR count). The van der Waals surface area contributed by atoms with Gasteiger partial charge in [0.25, 0.3) is 0 Å². The van der Waals surface area contributed by atoms with Gasteiger partial charge in [0.05, 0.1) is 18.8 Å². The number of hydrogen-bond donors (Lipinski definition) is 1. The van der Waals surface area contributed by atoms with Crippen LogP contribution in [0, 0.1) is 0 Å². The Morgan fingerprint density at radius 3 is 2.90 bits per heavy atom. The molecule has 118 valence electrons. The van der Waals surface area contributed by atoms with E-state index in [1.165, 1.54) is 11.7 Å². The number of hydrogen-bond acceptors (Lipinski definition) is 4. The van der Waals surface area contributed by atoms with Gasteiger partial charge in [-0.2, -0.15) is 13.2 Å². The number of rotatable bonds is 3. The van der Waals surface area contributed by atoms with Gasteiger partial charge in [-0.05, 0) is 0 Å². The maximum absolute atomic E-state index is 13.3. The zero-order valence-electron chi connectivity index (χ0n) is 11.8. The van der Waals surface area contributed by atoms with Gasteiger partial charge in [0.1, 0.15) is 5.60 Å². The van der Waals surface area contributed by atoms with Crippen molar-refractivity contribution in [3.8, 4) is 0 Å². The molecule has 1 fully saturated rings. The molecule has 8 heteroatoms. The van der Waals surface area contributed by atoms with E-state index in [0.29, 0.717) is 50.5 Å². The van der Waals surface area contributed by atoms with Crippen molar-refractivity contribution in [2.45, 2.75) is 37.7 Å².